The van der Waals surface area contributed by atoms with Crippen LogP contribution in [0.25, 0.3) is 0 Å². The number of hydrogen-bond acceptors (Lipinski definition) is 4. The summed E-state index contributed by atoms with van der Waals surface area (Å²) in [6, 6.07) is 5.55. The minimum Gasteiger partial charge on any atom is -0.367 e. The van der Waals surface area contributed by atoms with Crippen LogP contribution in [0.3, 0.4) is 0 Å². The summed E-state index contributed by atoms with van der Waals surface area (Å²) in [4.78, 5) is 8.77. The third-order valence-corrected chi connectivity index (χ3v) is 5.62. The van der Waals surface area contributed by atoms with Crippen molar-refractivity contribution in [2.45, 2.75) is 26.3 Å². The van der Waals surface area contributed by atoms with E-state index in [2.05, 4.69) is 38.6 Å². The molecule has 1 fully saturated rings. The number of hydrogen-bond donors (Lipinski definition) is 2. The number of benzene rings is 1. The lowest BCUT2D eigenvalue weighted by Gasteiger charge is -2.35. The smallest absolute Gasteiger partial charge is 0.191 e. The van der Waals surface area contributed by atoms with E-state index >= 15 is 0 Å². The Hall–Kier alpha value is -1.47. The molecule has 2 rings (SSSR count). The molecule has 0 unspecified atom stereocenters. The Labute approximate surface area is 167 Å². The van der Waals surface area contributed by atoms with Crippen molar-refractivity contribution in [1.29, 1.82) is 0 Å². The fraction of sp³-hybridized carbons (Fsp3) is 0.650. The van der Waals surface area contributed by atoms with Gasteiger partial charge in [0.15, 0.2) is 5.96 Å². The van der Waals surface area contributed by atoms with Crippen LogP contribution in [0.4, 0.5) is 10.1 Å². The summed E-state index contributed by atoms with van der Waals surface area (Å²) in [5.74, 6) is 1.81. The lowest BCUT2D eigenvalue weighted by Crippen LogP contribution is -2.46. The van der Waals surface area contributed by atoms with Crippen molar-refractivity contribution in [3.8, 4) is 0 Å². The van der Waals surface area contributed by atoms with Gasteiger partial charge in [0.1, 0.15) is 5.82 Å². The molecule has 7 heteroatoms. The molecule has 2 N–H and O–H groups in total. The van der Waals surface area contributed by atoms with Crippen LogP contribution < -0.4 is 15.5 Å². The molecule has 0 bridgehead atoms. The van der Waals surface area contributed by atoms with E-state index in [1.165, 1.54) is 12.2 Å². The number of rotatable bonds is 9. The summed E-state index contributed by atoms with van der Waals surface area (Å²) in [7, 11) is 1.76. The number of piperazine rings is 1. The second-order valence-electron chi connectivity index (χ2n) is 6.76. The largest absolute Gasteiger partial charge is 0.367 e. The zero-order valence-electron chi connectivity index (χ0n) is 16.9. The van der Waals surface area contributed by atoms with Crippen molar-refractivity contribution in [2.75, 3.05) is 63.2 Å². The molecular weight excluding hydrogens is 361 g/mol. The number of anilines is 1. The van der Waals surface area contributed by atoms with E-state index in [-0.39, 0.29) is 5.82 Å². The number of nitrogens with zero attached hydrogens (tertiary/aromatic N) is 3. The Balaban J connectivity index is 1.81. The van der Waals surface area contributed by atoms with Crippen LogP contribution in [0.15, 0.2) is 23.2 Å². The van der Waals surface area contributed by atoms with Crippen LogP contribution in [0.2, 0.25) is 0 Å². The van der Waals surface area contributed by atoms with Gasteiger partial charge < -0.3 is 20.4 Å². The topological polar surface area (TPSA) is 42.9 Å². The molecule has 0 atom stereocenters. The molecule has 0 radical (unpaired) electrons. The van der Waals surface area contributed by atoms with Crippen LogP contribution in [0.5, 0.6) is 0 Å². The summed E-state index contributed by atoms with van der Waals surface area (Å²) in [5.41, 5.74) is 1.64. The van der Waals surface area contributed by atoms with Gasteiger partial charge in [0.2, 0.25) is 0 Å². The first-order valence-electron chi connectivity index (χ1n) is 9.87. The Morgan fingerprint density at radius 2 is 1.96 bits per heavy atom. The fourth-order valence-electron chi connectivity index (χ4n) is 3.21. The zero-order valence-corrected chi connectivity index (χ0v) is 17.7. The third kappa shape index (κ3) is 7.22. The highest BCUT2D eigenvalue weighted by molar-refractivity contribution is 7.98. The van der Waals surface area contributed by atoms with Gasteiger partial charge in [-0.3, -0.25) is 4.99 Å². The molecule has 1 aliphatic rings. The maximum Gasteiger partial charge on any atom is 0.191 e. The van der Waals surface area contributed by atoms with Gasteiger partial charge in [-0.15, -0.1) is 0 Å². The van der Waals surface area contributed by atoms with Crippen LogP contribution >= 0.6 is 11.8 Å². The van der Waals surface area contributed by atoms with Gasteiger partial charge in [0.25, 0.3) is 0 Å². The molecule has 0 saturated carbocycles. The number of likely N-dealkylation sites (N-methyl/N-ethyl adjacent to an activating group) is 1. The number of nitrogens with one attached hydrogen (secondary N) is 2. The molecule has 152 valence electrons. The Kier molecular flexibility index (Phi) is 9.77. The SMILES string of the molecule is CCN1CCN(c2ccc(CNC(=NC)NCCCCSC)cc2F)CC1. The summed E-state index contributed by atoms with van der Waals surface area (Å²) < 4.78 is 14.6. The van der Waals surface area contributed by atoms with E-state index in [4.69, 9.17) is 0 Å². The number of unbranched alkanes of at least 4 members (excludes halogenated alkanes) is 1. The number of guanidine groups is 1. The van der Waals surface area contributed by atoms with Gasteiger partial charge in [-0.25, -0.2) is 4.39 Å². The molecule has 1 aliphatic heterocycles. The van der Waals surface area contributed by atoms with E-state index < -0.39 is 0 Å². The van der Waals surface area contributed by atoms with Crippen LogP contribution in [0.1, 0.15) is 25.3 Å². The van der Waals surface area contributed by atoms with Gasteiger partial charge in [0.05, 0.1) is 5.69 Å². The molecule has 1 aromatic carbocycles. The number of halogens is 1. The second kappa shape index (κ2) is 12.1. The molecule has 0 spiro atoms. The number of aliphatic imine (C=N–C) groups is 1. The van der Waals surface area contributed by atoms with Gasteiger partial charge in [-0.1, -0.05) is 13.0 Å². The standard InChI is InChI=1S/C20H34FN5S/c1-4-25-10-12-26(13-11-25)19-8-7-17(15-18(19)21)16-24-20(22-2)23-9-5-6-14-27-3/h7-8,15H,4-6,9-14,16H2,1-3H3,(H2,22,23,24). The normalized spacial score (nSPS) is 15.9. The minimum atomic E-state index is -0.140. The first-order valence-corrected chi connectivity index (χ1v) is 11.3. The van der Waals surface area contributed by atoms with Crippen molar-refractivity contribution in [3.05, 3.63) is 29.6 Å². The van der Waals surface area contributed by atoms with E-state index in [1.807, 2.05) is 23.9 Å². The van der Waals surface area contributed by atoms with E-state index in [0.717, 1.165) is 57.2 Å². The predicted octanol–water partition coefficient (Wildman–Crippen LogP) is 2.78. The molecular formula is C20H34FN5S. The lowest BCUT2D eigenvalue weighted by atomic mass is 10.1. The van der Waals surface area contributed by atoms with Gasteiger partial charge in [0, 0.05) is 46.3 Å². The van der Waals surface area contributed by atoms with Gasteiger partial charge in [-0.05, 0) is 49.1 Å². The first-order chi connectivity index (χ1) is 13.2. The Morgan fingerprint density at radius 1 is 1.19 bits per heavy atom. The highest BCUT2D eigenvalue weighted by Gasteiger charge is 2.18. The van der Waals surface area contributed by atoms with Crippen molar-refractivity contribution in [2.24, 2.45) is 4.99 Å². The van der Waals surface area contributed by atoms with Crippen molar-refractivity contribution in [1.82, 2.24) is 15.5 Å². The van der Waals surface area contributed by atoms with Gasteiger partial charge in [-0.2, -0.15) is 11.8 Å². The second-order valence-corrected chi connectivity index (χ2v) is 7.75. The first kappa shape index (κ1) is 21.8. The molecule has 0 amide bonds. The van der Waals surface area contributed by atoms with Crippen LogP contribution in [-0.2, 0) is 6.54 Å². The molecule has 0 aliphatic carbocycles. The van der Waals surface area contributed by atoms with Crippen molar-refractivity contribution >= 4 is 23.4 Å². The average Bonchev–Trinajstić information content (AvgIpc) is 2.70. The maximum atomic E-state index is 14.6. The summed E-state index contributed by atoms with van der Waals surface area (Å²) in [6.07, 6.45) is 4.45. The zero-order chi connectivity index (χ0) is 19.5. The molecule has 27 heavy (non-hydrogen) atoms. The minimum absolute atomic E-state index is 0.140. The van der Waals surface area contributed by atoms with Crippen LogP contribution in [0, 0.1) is 5.82 Å². The predicted molar refractivity (Wildman–Crippen MR) is 117 cm³/mol. The lowest BCUT2D eigenvalue weighted by molar-refractivity contribution is 0.270. The Morgan fingerprint density at radius 3 is 2.59 bits per heavy atom. The molecule has 1 saturated heterocycles. The van der Waals surface area contributed by atoms with Crippen molar-refractivity contribution < 1.29 is 4.39 Å². The van der Waals surface area contributed by atoms with Crippen LogP contribution in [-0.4, -0.2) is 69.2 Å². The van der Waals surface area contributed by atoms with E-state index in [9.17, 15) is 4.39 Å². The Bertz CT molecular complexity index is 588. The molecule has 5 nitrogen and oxygen atoms in total. The third-order valence-electron chi connectivity index (χ3n) is 4.92. The summed E-state index contributed by atoms with van der Waals surface area (Å²) >= 11 is 1.87. The van der Waals surface area contributed by atoms with E-state index in [1.54, 1.807) is 13.1 Å². The fourth-order valence-corrected chi connectivity index (χ4v) is 3.70. The maximum absolute atomic E-state index is 14.6. The summed E-state index contributed by atoms with van der Waals surface area (Å²) in [5, 5.41) is 6.57. The summed E-state index contributed by atoms with van der Waals surface area (Å²) in [6.45, 7) is 8.46. The molecule has 1 heterocycles. The van der Waals surface area contributed by atoms with Gasteiger partial charge >= 0.3 is 0 Å². The average molecular weight is 396 g/mol. The van der Waals surface area contributed by atoms with Crippen molar-refractivity contribution in [3.63, 3.8) is 0 Å². The highest BCUT2D eigenvalue weighted by atomic mass is 32.2. The molecule has 1 aromatic rings. The number of thioether (sulfide) groups is 1. The highest BCUT2D eigenvalue weighted by Crippen LogP contribution is 2.22. The monoisotopic (exact) mass is 395 g/mol. The quantitative estimate of drug-likeness (QED) is 0.382. The van der Waals surface area contributed by atoms with E-state index in [0.29, 0.717) is 12.2 Å². The molecule has 0 aromatic heterocycles.